The molecule has 1 saturated heterocycles. The summed E-state index contributed by atoms with van der Waals surface area (Å²) in [4.78, 5) is 0. The fourth-order valence-electron chi connectivity index (χ4n) is 2.32. The highest BCUT2D eigenvalue weighted by molar-refractivity contribution is 5.37. The number of quaternary nitrogens is 1. The molecule has 1 aliphatic heterocycles. The predicted octanol–water partition coefficient (Wildman–Crippen LogP) is 0.170. The van der Waals surface area contributed by atoms with Crippen LogP contribution in [0.2, 0.25) is 0 Å². The van der Waals surface area contributed by atoms with Crippen LogP contribution in [0.25, 0.3) is 5.65 Å². The predicted molar refractivity (Wildman–Crippen MR) is 56.6 cm³/mol. The minimum absolute atomic E-state index is 0.566. The van der Waals surface area contributed by atoms with Crippen LogP contribution in [0, 0.1) is 0 Å². The number of hydrogen-bond acceptors (Lipinski definition) is 2. The number of rotatable bonds is 1. The Morgan fingerprint density at radius 3 is 3.20 bits per heavy atom. The zero-order valence-electron chi connectivity index (χ0n) is 8.63. The van der Waals surface area contributed by atoms with Gasteiger partial charge in [-0.3, -0.25) is 4.40 Å². The van der Waals surface area contributed by atoms with Gasteiger partial charge in [-0.05, 0) is 25.0 Å². The van der Waals surface area contributed by atoms with Crippen LogP contribution in [0.1, 0.15) is 24.6 Å². The SMILES string of the molecule is c1ccn2c([C@H]3CCC[NH2+]C3)nnc2c1. The second-order valence-electron chi connectivity index (χ2n) is 4.14. The van der Waals surface area contributed by atoms with E-state index in [1.165, 1.54) is 19.4 Å². The van der Waals surface area contributed by atoms with Gasteiger partial charge in [-0.2, -0.15) is 0 Å². The van der Waals surface area contributed by atoms with Crippen LogP contribution < -0.4 is 5.32 Å². The minimum Gasteiger partial charge on any atom is -0.346 e. The summed E-state index contributed by atoms with van der Waals surface area (Å²) in [5, 5.41) is 10.9. The Kier molecular flexibility index (Phi) is 2.14. The summed E-state index contributed by atoms with van der Waals surface area (Å²) in [6.07, 6.45) is 4.58. The molecule has 0 saturated carbocycles. The second-order valence-corrected chi connectivity index (χ2v) is 4.14. The van der Waals surface area contributed by atoms with Crippen molar-refractivity contribution in [2.24, 2.45) is 0 Å². The normalized spacial score (nSPS) is 22.0. The molecule has 0 bridgehead atoms. The molecule has 2 aromatic rings. The van der Waals surface area contributed by atoms with Gasteiger partial charge >= 0.3 is 0 Å². The highest BCUT2D eigenvalue weighted by Gasteiger charge is 2.22. The maximum Gasteiger partial charge on any atom is 0.160 e. The van der Waals surface area contributed by atoms with Gasteiger partial charge in [0.05, 0.1) is 19.0 Å². The van der Waals surface area contributed by atoms with E-state index in [0.29, 0.717) is 5.92 Å². The van der Waals surface area contributed by atoms with Gasteiger partial charge in [0.25, 0.3) is 0 Å². The Labute approximate surface area is 88.3 Å². The summed E-state index contributed by atoms with van der Waals surface area (Å²) in [6.45, 7) is 2.41. The third kappa shape index (κ3) is 1.51. The first-order chi connectivity index (χ1) is 7.45. The lowest BCUT2D eigenvalue weighted by atomic mass is 9.99. The molecule has 0 aliphatic carbocycles. The van der Waals surface area contributed by atoms with Gasteiger partial charge < -0.3 is 5.32 Å². The smallest absolute Gasteiger partial charge is 0.160 e. The van der Waals surface area contributed by atoms with Crippen LogP contribution in [0.15, 0.2) is 24.4 Å². The Morgan fingerprint density at radius 2 is 2.33 bits per heavy atom. The number of aromatic nitrogens is 3. The van der Waals surface area contributed by atoms with E-state index in [1.807, 2.05) is 18.2 Å². The molecule has 4 nitrogen and oxygen atoms in total. The van der Waals surface area contributed by atoms with E-state index < -0.39 is 0 Å². The zero-order chi connectivity index (χ0) is 10.1. The summed E-state index contributed by atoms with van der Waals surface area (Å²) in [6, 6.07) is 6.04. The summed E-state index contributed by atoms with van der Waals surface area (Å²) in [5.74, 6) is 1.69. The average molecular weight is 203 g/mol. The Hall–Kier alpha value is -1.42. The van der Waals surface area contributed by atoms with E-state index >= 15 is 0 Å². The van der Waals surface area contributed by atoms with Crippen molar-refractivity contribution in [3.8, 4) is 0 Å². The summed E-state index contributed by atoms with van der Waals surface area (Å²) >= 11 is 0. The Balaban J connectivity index is 2.02. The van der Waals surface area contributed by atoms with E-state index in [0.717, 1.165) is 18.0 Å². The quantitative estimate of drug-likeness (QED) is 0.718. The monoisotopic (exact) mass is 203 g/mol. The van der Waals surface area contributed by atoms with Crippen molar-refractivity contribution >= 4 is 5.65 Å². The number of nitrogens with zero attached hydrogens (tertiary/aromatic N) is 3. The van der Waals surface area contributed by atoms with Crippen molar-refractivity contribution in [2.75, 3.05) is 13.1 Å². The van der Waals surface area contributed by atoms with Crippen molar-refractivity contribution in [1.29, 1.82) is 0 Å². The number of pyridine rings is 1. The highest BCUT2D eigenvalue weighted by Crippen LogP contribution is 2.19. The van der Waals surface area contributed by atoms with Crippen molar-refractivity contribution in [2.45, 2.75) is 18.8 Å². The van der Waals surface area contributed by atoms with Crippen molar-refractivity contribution in [3.05, 3.63) is 30.2 Å². The molecule has 0 amide bonds. The second kappa shape index (κ2) is 3.62. The molecule has 2 N–H and O–H groups in total. The lowest BCUT2D eigenvalue weighted by Crippen LogP contribution is -2.86. The molecule has 0 aromatic carbocycles. The first-order valence-corrected chi connectivity index (χ1v) is 5.56. The topological polar surface area (TPSA) is 46.8 Å². The number of fused-ring (bicyclic) bond motifs is 1. The number of nitrogens with two attached hydrogens (primary N) is 1. The van der Waals surface area contributed by atoms with E-state index in [-0.39, 0.29) is 0 Å². The molecule has 78 valence electrons. The van der Waals surface area contributed by atoms with Gasteiger partial charge in [0.1, 0.15) is 5.82 Å². The average Bonchev–Trinajstić information content (AvgIpc) is 2.74. The summed E-state index contributed by atoms with van der Waals surface area (Å²) in [5.41, 5.74) is 0.957. The molecule has 3 heterocycles. The molecule has 0 unspecified atom stereocenters. The fraction of sp³-hybridized carbons (Fsp3) is 0.455. The summed E-state index contributed by atoms with van der Waals surface area (Å²) < 4.78 is 2.11. The molecule has 15 heavy (non-hydrogen) atoms. The number of piperidine rings is 1. The molecule has 3 rings (SSSR count). The van der Waals surface area contributed by atoms with Gasteiger partial charge in [-0.1, -0.05) is 6.07 Å². The van der Waals surface area contributed by atoms with Crippen LogP contribution >= 0.6 is 0 Å². The van der Waals surface area contributed by atoms with E-state index in [4.69, 9.17) is 0 Å². The van der Waals surface area contributed by atoms with Crippen molar-refractivity contribution in [1.82, 2.24) is 14.6 Å². The molecule has 1 atom stereocenters. The van der Waals surface area contributed by atoms with Crippen molar-refractivity contribution < 1.29 is 5.32 Å². The molecule has 0 radical (unpaired) electrons. The maximum absolute atomic E-state index is 4.31. The van der Waals surface area contributed by atoms with Crippen LogP contribution in [-0.2, 0) is 0 Å². The molecule has 1 aliphatic rings. The minimum atomic E-state index is 0.566. The molecule has 4 heteroatoms. The molecule has 2 aromatic heterocycles. The Bertz CT molecular complexity index is 456. The molecule has 1 fully saturated rings. The van der Waals surface area contributed by atoms with Crippen LogP contribution in [0.5, 0.6) is 0 Å². The first-order valence-electron chi connectivity index (χ1n) is 5.56. The van der Waals surface area contributed by atoms with Gasteiger partial charge in [0.2, 0.25) is 0 Å². The lowest BCUT2D eigenvalue weighted by molar-refractivity contribution is -0.665. The number of hydrogen-bond donors (Lipinski definition) is 1. The molecular formula is C11H15N4+. The molecule has 0 spiro atoms. The largest absolute Gasteiger partial charge is 0.346 e. The van der Waals surface area contributed by atoms with E-state index in [1.54, 1.807) is 0 Å². The van der Waals surface area contributed by atoms with Crippen LogP contribution in [0.4, 0.5) is 0 Å². The maximum atomic E-state index is 4.31. The lowest BCUT2D eigenvalue weighted by Gasteiger charge is -2.18. The fourth-order valence-corrected chi connectivity index (χ4v) is 2.32. The first kappa shape index (κ1) is 8.85. The summed E-state index contributed by atoms with van der Waals surface area (Å²) in [7, 11) is 0. The standard InChI is InChI=1S/C11H14N4/c1-2-7-15-10(5-1)13-14-11(15)9-4-3-6-12-8-9/h1-2,5,7,9,12H,3-4,6,8H2/p+1/t9-/m0/s1. The van der Waals surface area contributed by atoms with Gasteiger partial charge in [0, 0.05) is 6.20 Å². The van der Waals surface area contributed by atoms with Gasteiger partial charge in [-0.25, -0.2) is 0 Å². The van der Waals surface area contributed by atoms with Crippen LogP contribution in [-0.4, -0.2) is 27.7 Å². The van der Waals surface area contributed by atoms with E-state index in [2.05, 4.69) is 26.1 Å². The Morgan fingerprint density at radius 1 is 1.33 bits per heavy atom. The van der Waals surface area contributed by atoms with E-state index in [9.17, 15) is 0 Å². The third-order valence-electron chi connectivity index (χ3n) is 3.12. The zero-order valence-corrected chi connectivity index (χ0v) is 8.63. The highest BCUT2D eigenvalue weighted by atomic mass is 15.2. The van der Waals surface area contributed by atoms with Gasteiger partial charge in [-0.15, -0.1) is 10.2 Å². The van der Waals surface area contributed by atoms with Crippen molar-refractivity contribution in [3.63, 3.8) is 0 Å². The molecular weight excluding hydrogens is 188 g/mol. The third-order valence-corrected chi connectivity index (χ3v) is 3.12. The van der Waals surface area contributed by atoms with Crippen LogP contribution in [0.3, 0.4) is 0 Å². The van der Waals surface area contributed by atoms with Gasteiger partial charge in [0.15, 0.2) is 5.65 Å².